The van der Waals surface area contributed by atoms with Crippen molar-refractivity contribution in [2.45, 2.75) is 28.8 Å². The number of amides is 1. The maximum atomic E-state index is 12.6. The summed E-state index contributed by atoms with van der Waals surface area (Å²) >= 11 is 0. The van der Waals surface area contributed by atoms with Gasteiger partial charge in [-0.1, -0.05) is 48.5 Å². The van der Waals surface area contributed by atoms with Crippen LogP contribution in [0.5, 0.6) is 0 Å². The van der Waals surface area contributed by atoms with Gasteiger partial charge in [0.25, 0.3) is 0 Å². The molecule has 14 heteroatoms. The highest BCUT2D eigenvalue weighted by Gasteiger charge is 2.26. The van der Waals surface area contributed by atoms with Crippen molar-refractivity contribution in [1.29, 1.82) is 5.41 Å². The van der Waals surface area contributed by atoms with E-state index in [1.165, 1.54) is 48.5 Å². The molecule has 1 amide bonds. The lowest BCUT2D eigenvalue weighted by Crippen LogP contribution is -2.48. The van der Waals surface area contributed by atoms with Gasteiger partial charge in [0.05, 0.1) is 9.79 Å². The Labute approximate surface area is 232 Å². The fourth-order valence-electron chi connectivity index (χ4n) is 3.41. The summed E-state index contributed by atoms with van der Waals surface area (Å²) in [5, 5.41) is 22.8. The third kappa shape index (κ3) is 8.98. The van der Waals surface area contributed by atoms with Crippen LogP contribution in [0.1, 0.15) is 17.5 Å². The second-order valence-electron chi connectivity index (χ2n) is 8.52. The van der Waals surface area contributed by atoms with Gasteiger partial charge in [-0.2, -0.15) is 4.72 Å². The maximum Gasteiger partial charge on any atom is 0.323 e. The van der Waals surface area contributed by atoms with Gasteiger partial charge in [-0.05, 0) is 42.0 Å². The Morgan fingerprint density at radius 1 is 0.775 bits per heavy atom. The standard InChI is InChI=1S/C26H29N5O7S2/c27-25(29-17-19-7-3-1-4-8-19)20-11-13-22(14-12-20)39(35,36)30-16-15-24(32)28-18-23(26(33)34)31-40(37,38)21-9-5-2-6-10-21/h1-14,23,30-31H,15-18H2,(H2,27,29)(H,28,32)(H,33,34)/t23-/m0/s1. The lowest BCUT2D eigenvalue weighted by molar-refractivity contribution is -0.138. The van der Waals surface area contributed by atoms with Gasteiger partial charge in [-0.25, -0.2) is 21.6 Å². The molecule has 3 rings (SSSR count). The normalized spacial score (nSPS) is 12.3. The number of amidine groups is 1. The zero-order chi connectivity index (χ0) is 29.2. The van der Waals surface area contributed by atoms with Crippen LogP contribution in [-0.2, 0) is 36.2 Å². The average Bonchev–Trinajstić information content (AvgIpc) is 2.94. The summed E-state index contributed by atoms with van der Waals surface area (Å²) in [6, 6.07) is 20.7. The number of carbonyl (C=O) groups is 2. The van der Waals surface area contributed by atoms with E-state index in [4.69, 9.17) is 5.41 Å². The monoisotopic (exact) mass is 587 g/mol. The molecule has 0 saturated carbocycles. The second-order valence-corrected chi connectivity index (χ2v) is 12.0. The van der Waals surface area contributed by atoms with Gasteiger partial charge in [-0.3, -0.25) is 15.0 Å². The van der Waals surface area contributed by atoms with Gasteiger partial charge in [0, 0.05) is 31.6 Å². The van der Waals surface area contributed by atoms with Crippen molar-refractivity contribution in [2.24, 2.45) is 0 Å². The minimum atomic E-state index is -4.14. The predicted molar refractivity (Wildman–Crippen MR) is 148 cm³/mol. The van der Waals surface area contributed by atoms with Crippen molar-refractivity contribution >= 4 is 37.8 Å². The summed E-state index contributed by atoms with van der Waals surface area (Å²) in [7, 11) is -8.09. The van der Waals surface area contributed by atoms with Gasteiger partial charge in [0.15, 0.2) is 0 Å². The first kappa shape index (κ1) is 30.4. The Balaban J connectivity index is 1.46. The highest BCUT2D eigenvalue weighted by molar-refractivity contribution is 7.89. The maximum absolute atomic E-state index is 12.6. The van der Waals surface area contributed by atoms with E-state index in [2.05, 4.69) is 15.4 Å². The van der Waals surface area contributed by atoms with Crippen molar-refractivity contribution in [3.63, 3.8) is 0 Å². The minimum Gasteiger partial charge on any atom is -0.480 e. The number of carboxylic acids is 1. The number of aliphatic carboxylic acids is 1. The van der Waals surface area contributed by atoms with Crippen molar-refractivity contribution in [3.05, 3.63) is 96.1 Å². The molecule has 3 aromatic rings. The molecule has 6 N–H and O–H groups in total. The number of carboxylic acid groups (broad SMARTS) is 1. The molecule has 40 heavy (non-hydrogen) atoms. The molecule has 0 spiro atoms. The quantitative estimate of drug-likeness (QED) is 0.119. The largest absolute Gasteiger partial charge is 0.480 e. The van der Waals surface area contributed by atoms with Crippen LogP contribution in [-0.4, -0.2) is 58.8 Å². The van der Waals surface area contributed by atoms with E-state index in [-0.39, 0.29) is 28.6 Å². The van der Waals surface area contributed by atoms with Crippen molar-refractivity contribution in [3.8, 4) is 0 Å². The molecule has 0 heterocycles. The summed E-state index contributed by atoms with van der Waals surface area (Å²) in [4.78, 5) is 23.5. The van der Waals surface area contributed by atoms with E-state index < -0.39 is 44.5 Å². The van der Waals surface area contributed by atoms with Gasteiger partial charge >= 0.3 is 5.97 Å². The van der Waals surface area contributed by atoms with Crippen LogP contribution in [0, 0.1) is 5.41 Å². The highest BCUT2D eigenvalue weighted by atomic mass is 32.2. The van der Waals surface area contributed by atoms with E-state index in [0.29, 0.717) is 12.1 Å². The zero-order valence-electron chi connectivity index (χ0n) is 21.2. The number of rotatable bonds is 14. The Bertz CT molecular complexity index is 1530. The summed E-state index contributed by atoms with van der Waals surface area (Å²) in [6.07, 6.45) is -0.316. The van der Waals surface area contributed by atoms with Crippen LogP contribution < -0.4 is 20.1 Å². The van der Waals surface area contributed by atoms with Crippen LogP contribution in [0.2, 0.25) is 0 Å². The molecule has 12 nitrogen and oxygen atoms in total. The van der Waals surface area contributed by atoms with Crippen LogP contribution in [0.15, 0.2) is 94.7 Å². The molecule has 0 unspecified atom stereocenters. The number of nitrogens with one attached hydrogen (secondary N) is 5. The smallest absolute Gasteiger partial charge is 0.323 e. The van der Waals surface area contributed by atoms with E-state index in [1.807, 2.05) is 35.1 Å². The van der Waals surface area contributed by atoms with E-state index in [0.717, 1.165) is 5.56 Å². The molecular weight excluding hydrogens is 558 g/mol. The molecule has 0 aliphatic rings. The van der Waals surface area contributed by atoms with E-state index in [1.54, 1.807) is 6.07 Å². The third-order valence-corrected chi connectivity index (χ3v) is 8.53. The molecule has 0 saturated heterocycles. The summed E-state index contributed by atoms with van der Waals surface area (Å²) in [6.45, 7) is -0.383. The summed E-state index contributed by atoms with van der Waals surface area (Å²) in [5.74, 6) is -2.04. The van der Waals surface area contributed by atoms with Crippen molar-refractivity contribution in [2.75, 3.05) is 13.1 Å². The van der Waals surface area contributed by atoms with Crippen molar-refractivity contribution in [1.82, 2.24) is 20.1 Å². The van der Waals surface area contributed by atoms with Crippen LogP contribution in [0.4, 0.5) is 0 Å². The Kier molecular flexibility index (Phi) is 10.5. The number of hydrogen-bond donors (Lipinski definition) is 6. The van der Waals surface area contributed by atoms with Crippen LogP contribution in [0.25, 0.3) is 0 Å². The van der Waals surface area contributed by atoms with Gasteiger partial charge in [-0.15, -0.1) is 0 Å². The molecular formula is C26H29N5O7S2. The third-order valence-electron chi connectivity index (χ3n) is 5.56. The number of sulfonamides is 2. The fourth-order valence-corrected chi connectivity index (χ4v) is 5.65. The first-order valence-electron chi connectivity index (χ1n) is 12.0. The second kappa shape index (κ2) is 13.8. The summed E-state index contributed by atoms with van der Waals surface area (Å²) in [5.41, 5.74) is 1.48. The number of carbonyl (C=O) groups excluding carboxylic acids is 1. The van der Waals surface area contributed by atoms with E-state index >= 15 is 0 Å². The van der Waals surface area contributed by atoms with E-state index in [9.17, 15) is 31.5 Å². The molecule has 3 aromatic carbocycles. The average molecular weight is 588 g/mol. The Morgan fingerprint density at radius 2 is 1.35 bits per heavy atom. The predicted octanol–water partition coefficient (Wildman–Crippen LogP) is 1.02. The van der Waals surface area contributed by atoms with Gasteiger partial charge in [0.2, 0.25) is 26.0 Å². The van der Waals surface area contributed by atoms with Crippen LogP contribution in [0.3, 0.4) is 0 Å². The fraction of sp³-hybridized carbons (Fsp3) is 0.192. The number of benzene rings is 3. The molecule has 0 fully saturated rings. The molecule has 0 aromatic heterocycles. The molecule has 1 atom stereocenters. The molecule has 0 radical (unpaired) electrons. The van der Waals surface area contributed by atoms with Crippen LogP contribution >= 0.6 is 0 Å². The lowest BCUT2D eigenvalue weighted by Gasteiger charge is -2.16. The minimum absolute atomic E-state index is 0.0613. The molecule has 0 bridgehead atoms. The first-order chi connectivity index (χ1) is 19.0. The van der Waals surface area contributed by atoms with Crippen molar-refractivity contribution < 1.29 is 31.5 Å². The first-order valence-corrected chi connectivity index (χ1v) is 15.0. The number of hydrogen-bond acceptors (Lipinski definition) is 7. The lowest BCUT2D eigenvalue weighted by atomic mass is 10.2. The molecule has 212 valence electrons. The highest BCUT2D eigenvalue weighted by Crippen LogP contribution is 2.11. The molecule has 0 aliphatic carbocycles. The Morgan fingerprint density at radius 3 is 1.95 bits per heavy atom. The van der Waals surface area contributed by atoms with Gasteiger partial charge < -0.3 is 15.7 Å². The SMILES string of the molecule is N=C(NCc1ccccc1)c1ccc(S(=O)(=O)NCCC(=O)NC[C@H](NS(=O)(=O)c2ccccc2)C(=O)O)cc1. The zero-order valence-corrected chi connectivity index (χ0v) is 22.8. The Hall–Kier alpha value is -4.11. The summed E-state index contributed by atoms with van der Waals surface area (Å²) < 4.78 is 54.2. The molecule has 0 aliphatic heterocycles. The van der Waals surface area contributed by atoms with Gasteiger partial charge in [0.1, 0.15) is 11.9 Å². The topological polar surface area (TPSA) is 195 Å².